The topological polar surface area (TPSA) is 43.8 Å². The number of benzene rings is 1. The molecule has 4 nitrogen and oxygen atoms in total. The Morgan fingerprint density at radius 2 is 2.00 bits per heavy atom. The van der Waals surface area contributed by atoms with Crippen molar-refractivity contribution >= 4 is 5.91 Å². The molecule has 19 heavy (non-hydrogen) atoms. The van der Waals surface area contributed by atoms with Crippen molar-refractivity contribution in [3.8, 4) is 0 Å². The van der Waals surface area contributed by atoms with Crippen molar-refractivity contribution < 1.29 is 9.90 Å². The zero-order chi connectivity index (χ0) is 13.8. The van der Waals surface area contributed by atoms with Gasteiger partial charge in [0.25, 0.3) is 0 Å². The fourth-order valence-electron chi connectivity index (χ4n) is 2.56. The summed E-state index contributed by atoms with van der Waals surface area (Å²) in [7, 11) is 1.81. The van der Waals surface area contributed by atoms with E-state index >= 15 is 0 Å². The molecular formula is C15H22N2O2. The lowest BCUT2D eigenvalue weighted by atomic mass is 10.1. The number of hydrogen-bond acceptors (Lipinski definition) is 3. The second-order valence-corrected chi connectivity index (χ2v) is 5.23. The fourth-order valence-corrected chi connectivity index (χ4v) is 2.56. The quantitative estimate of drug-likeness (QED) is 0.871. The number of rotatable bonds is 4. The van der Waals surface area contributed by atoms with E-state index in [1.807, 2.05) is 32.2 Å². The molecule has 2 rings (SSSR count). The van der Waals surface area contributed by atoms with Crippen LogP contribution >= 0.6 is 0 Å². The molecule has 1 amide bonds. The van der Waals surface area contributed by atoms with Crippen molar-refractivity contribution in [1.82, 2.24) is 9.80 Å². The van der Waals surface area contributed by atoms with E-state index in [4.69, 9.17) is 0 Å². The van der Waals surface area contributed by atoms with Gasteiger partial charge in [-0.25, -0.2) is 0 Å². The van der Waals surface area contributed by atoms with Crippen LogP contribution < -0.4 is 0 Å². The maximum Gasteiger partial charge on any atom is 0.242 e. The second-order valence-electron chi connectivity index (χ2n) is 5.23. The standard InChI is InChI=1S/C15H22N2O2/c1-12-10-17(14(11-18)15(19)16(12)2)9-8-13-6-4-3-5-7-13/h3-7,12,14,18H,8-11H2,1-2H3. The number of carbonyl (C=O) groups excluding carboxylic acids is 1. The molecule has 1 aliphatic rings. The van der Waals surface area contributed by atoms with Crippen LogP contribution in [-0.4, -0.2) is 59.6 Å². The number of likely N-dealkylation sites (N-methyl/N-ethyl adjacent to an activating group) is 1. The number of aliphatic hydroxyl groups excluding tert-OH is 1. The number of amides is 1. The molecule has 0 radical (unpaired) electrons. The van der Waals surface area contributed by atoms with E-state index in [9.17, 15) is 9.90 Å². The minimum absolute atomic E-state index is 0.0225. The van der Waals surface area contributed by atoms with E-state index < -0.39 is 0 Å². The van der Waals surface area contributed by atoms with Gasteiger partial charge in [0.2, 0.25) is 5.91 Å². The maximum absolute atomic E-state index is 12.1. The third-order valence-electron chi connectivity index (χ3n) is 3.94. The summed E-state index contributed by atoms with van der Waals surface area (Å²) in [5.74, 6) is 0.0225. The second kappa shape index (κ2) is 6.17. The van der Waals surface area contributed by atoms with Crippen LogP contribution in [0.15, 0.2) is 30.3 Å². The monoisotopic (exact) mass is 262 g/mol. The summed E-state index contributed by atoms with van der Waals surface area (Å²) in [6.07, 6.45) is 0.904. The molecule has 0 aliphatic carbocycles. The summed E-state index contributed by atoms with van der Waals surface area (Å²) >= 11 is 0. The lowest BCUT2D eigenvalue weighted by molar-refractivity contribution is -0.145. The highest BCUT2D eigenvalue weighted by molar-refractivity contribution is 5.82. The molecule has 104 valence electrons. The smallest absolute Gasteiger partial charge is 0.242 e. The Labute approximate surface area is 114 Å². The average Bonchev–Trinajstić information content (AvgIpc) is 2.44. The molecule has 1 aliphatic heterocycles. The van der Waals surface area contributed by atoms with Gasteiger partial charge < -0.3 is 10.0 Å². The molecule has 0 aromatic heterocycles. The number of hydrogen-bond donors (Lipinski definition) is 1. The molecule has 1 fully saturated rings. The summed E-state index contributed by atoms with van der Waals surface area (Å²) < 4.78 is 0. The van der Waals surface area contributed by atoms with Gasteiger partial charge in [-0.3, -0.25) is 9.69 Å². The predicted molar refractivity (Wildman–Crippen MR) is 74.8 cm³/mol. The maximum atomic E-state index is 12.1. The molecule has 1 aromatic rings. The summed E-state index contributed by atoms with van der Waals surface area (Å²) in [6.45, 7) is 3.56. The summed E-state index contributed by atoms with van der Waals surface area (Å²) in [5, 5.41) is 9.44. The number of piperazine rings is 1. The van der Waals surface area contributed by atoms with Gasteiger partial charge >= 0.3 is 0 Å². The van der Waals surface area contributed by atoms with E-state index in [0.717, 1.165) is 19.5 Å². The van der Waals surface area contributed by atoms with Crippen molar-refractivity contribution in [2.45, 2.75) is 25.4 Å². The Morgan fingerprint density at radius 3 is 2.63 bits per heavy atom. The van der Waals surface area contributed by atoms with Gasteiger partial charge in [0, 0.05) is 26.2 Å². The molecule has 2 unspecified atom stereocenters. The summed E-state index contributed by atoms with van der Waals surface area (Å²) in [4.78, 5) is 15.9. The van der Waals surface area contributed by atoms with E-state index in [1.54, 1.807) is 4.90 Å². The molecule has 0 bridgehead atoms. The van der Waals surface area contributed by atoms with E-state index in [0.29, 0.717) is 0 Å². The van der Waals surface area contributed by atoms with Crippen molar-refractivity contribution in [2.75, 3.05) is 26.7 Å². The fraction of sp³-hybridized carbons (Fsp3) is 0.533. The highest BCUT2D eigenvalue weighted by Crippen LogP contribution is 2.15. The third-order valence-corrected chi connectivity index (χ3v) is 3.94. The van der Waals surface area contributed by atoms with Crippen LogP contribution in [0.25, 0.3) is 0 Å². The van der Waals surface area contributed by atoms with Gasteiger partial charge in [0.15, 0.2) is 0 Å². The molecule has 2 atom stereocenters. The van der Waals surface area contributed by atoms with Gasteiger partial charge in [-0.15, -0.1) is 0 Å². The van der Waals surface area contributed by atoms with Crippen LogP contribution in [0.4, 0.5) is 0 Å². The van der Waals surface area contributed by atoms with Crippen LogP contribution in [0.5, 0.6) is 0 Å². The van der Waals surface area contributed by atoms with E-state index in [2.05, 4.69) is 17.0 Å². The number of carbonyl (C=O) groups is 1. The van der Waals surface area contributed by atoms with Crippen molar-refractivity contribution in [2.24, 2.45) is 0 Å². The largest absolute Gasteiger partial charge is 0.394 e. The first kappa shape index (κ1) is 14.0. The van der Waals surface area contributed by atoms with E-state index in [-0.39, 0.29) is 24.6 Å². The lowest BCUT2D eigenvalue weighted by Gasteiger charge is -2.42. The van der Waals surface area contributed by atoms with Crippen molar-refractivity contribution in [3.63, 3.8) is 0 Å². The molecule has 1 aromatic carbocycles. The van der Waals surface area contributed by atoms with Gasteiger partial charge in [-0.1, -0.05) is 30.3 Å². The van der Waals surface area contributed by atoms with Crippen LogP contribution in [0.2, 0.25) is 0 Å². The Kier molecular flexibility index (Phi) is 4.56. The zero-order valence-electron chi connectivity index (χ0n) is 11.6. The minimum atomic E-state index is -0.384. The van der Waals surface area contributed by atoms with Crippen molar-refractivity contribution in [1.29, 1.82) is 0 Å². The third kappa shape index (κ3) is 3.14. The first-order valence-corrected chi connectivity index (χ1v) is 6.79. The average molecular weight is 262 g/mol. The first-order chi connectivity index (χ1) is 9.13. The molecule has 0 spiro atoms. The molecule has 4 heteroatoms. The van der Waals surface area contributed by atoms with Gasteiger partial charge in [-0.05, 0) is 18.9 Å². The van der Waals surface area contributed by atoms with Crippen LogP contribution in [0, 0.1) is 0 Å². The normalized spacial score (nSPS) is 24.8. The summed E-state index contributed by atoms with van der Waals surface area (Å²) in [6, 6.07) is 10.1. The Hall–Kier alpha value is -1.39. The Bertz CT molecular complexity index is 421. The first-order valence-electron chi connectivity index (χ1n) is 6.79. The predicted octanol–water partition coefficient (Wildman–Crippen LogP) is 0.752. The van der Waals surface area contributed by atoms with Crippen LogP contribution in [0.3, 0.4) is 0 Å². The number of nitrogens with zero attached hydrogens (tertiary/aromatic N) is 2. The van der Waals surface area contributed by atoms with E-state index in [1.165, 1.54) is 5.56 Å². The molecule has 1 saturated heterocycles. The van der Waals surface area contributed by atoms with Gasteiger partial charge in [0.1, 0.15) is 6.04 Å². The minimum Gasteiger partial charge on any atom is -0.394 e. The highest BCUT2D eigenvalue weighted by atomic mass is 16.3. The molecule has 1 heterocycles. The Morgan fingerprint density at radius 1 is 1.32 bits per heavy atom. The van der Waals surface area contributed by atoms with Gasteiger partial charge in [0.05, 0.1) is 6.61 Å². The lowest BCUT2D eigenvalue weighted by Crippen LogP contribution is -2.61. The SMILES string of the molecule is CC1CN(CCc2ccccc2)C(CO)C(=O)N1C. The zero-order valence-corrected chi connectivity index (χ0v) is 11.6. The Balaban J connectivity index is 2.00. The highest BCUT2D eigenvalue weighted by Gasteiger charge is 2.35. The van der Waals surface area contributed by atoms with Crippen LogP contribution in [0.1, 0.15) is 12.5 Å². The molecule has 0 saturated carbocycles. The molecular weight excluding hydrogens is 240 g/mol. The van der Waals surface area contributed by atoms with Crippen LogP contribution in [-0.2, 0) is 11.2 Å². The summed E-state index contributed by atoms with van der Waals surface area (Å²) in [5.41, 5.74) is 1.26. The van der Waals surface area contributed by atoms with Gasteiger partial charge in [-0.2, -0.15) is 0 Å². The number of aliphatic hydroxyl groups is 1. The molecule has 1 N–H and O–H groups in total. The van der Waals surface area contributed by atoms with Crippen molar-refractivity contribution in [3.05, 3.63) is 35.9 Å².